The van der Waals surface area contributed by atoms with Gasteiger partial charge >= 0.3 is 0 Å². The van der Waals surface area contributed by atoms with Crippen LogP contribution in [0.2, 0.25) is 0 Å². The first-order valence-electron chi connectivity index (χ1n) is 12.2. The van der Waals surface area contributed by atoms with Crippen LogP contribution in [0.3, 0.4) is 0 Å². The second-order valence-corrected chi connectivity index (χ2v) is 11.3. The minimum absolute atomic E-state index is 0.0680. The number of hydrogen-bond acceptors (Lipinski definition) is 7. The lowest BCUT2D eigenvalue weighted by Gasteiger charge is -2.68. The predicted octanol–water partition coefficient (Wildman–Crippen LogP) is 1.05. The van der Waals surface area contributed by atoms with E-state index in [1.165, 1.54) is 0 Å². The fourth-order valence-electron chi connectivity index (χ4n) is 10.6. The van der Waals surface area contributed by atoms with Crippen molar-refractivity contribution in [3.8, 4) is 0 Å². The van der Waals surface area contributed by atoms with Crippen LogP contribution in [0.4, 0.5) is 0 Å². The molecule has 0 aromatic carbocycles. The molecule has 7 bridgehead atoms. The van der Waals surface area contributed by atoms with Crippen molar-refractivity contribution in [3.63, 3.8) is 0 Å². The van der Waals surface area contributed by atoms with Crippen molar-refractivity contribution in [3.05, 3.63) is 0 Å². The molecule has 5 aliphatic carbocycles. The van der Waals surface area contributed by atoms with Crippen molar-refractivity contribution in [2.24, 2.45) is 29.1 Å². The van der Waals surface area contributed by atoms with Crippen LogP contribution in [-0.4, -0.2) is 97.8 Å². The minimum atomic E-state index is -1.39. The summed E-state index contributed by atoms with van der Waals surface area (Å²) < 4.78 is 24.6. The topological polar surface area (TPSA) is 80.6 Å². The Morgan fingerprint density at radius 1 is 1.03 bits per heavy atom. The van der Waals surface area contributed by atoms with E-state index in [1.807, 2.05) is 7.11 Å². The molecule has 1 aliphatic heterocycles. The molecule has 31 heavy (non-hydrogen) atoms. The fourth-order valence-corrected chi connectivity index (χ4v) is 10.6. The van der Waals surface area contributed by atoms with Crippen LogP contribution < -0.4 is 0 Å². The molecule has 176 valence electrons. The molecular weight excluding hydrogens is 398 g/mol. The van der Waals surface area contributed by atoms with Gasteiger partial charge in [0.1, 0.15) is 11.2 Å². The van der Waals surface area contributed by atoms with E-state index in [9.17, 15) is 10.2 Å². The summed E-state index contributed by atoms with van der Waals surface area (Å²) in [5, 5.41) is 25.5. The quantitative estimate of drug-likeness (QED) is 0.666. The molecule has 2 N–H and O–H groups in total. The number of hydrogen-bond donors (Lipinski definition) is 2. The third-order valence-corrected chi connectivity index (χ3v) is 11.2. The second-order valence-electron chi connectivity index (χ2n) is 11.3. The number of methoxy groups -OCH3 is 4. The molecule has 12 atom stereocenters. The minimum Gasteiger partial charge on any atom is -0.386 e. The Kier molecular flexibility index (Phi) is 4.41. The van der Waals surface area contributed by atoms with Crippen molar-refractivity contribution in [1.82, 2.24) is 4.90 Å². The number of nitrogens with zero attached hydrogens (tertiary/aromatic N) is 1. The van der Waals surface area contributed by atoms with Crippen LogP contribution in [0.15, 0.2) is 0 Å². The highest BCUT2D eigenvalue weighted by Crippen LogP contribution is 2.79. The summed E-state index contributed by atoms with van der Waals surface area (Å²) in [7, 11) is 7.02. The normalized spacial score (nSPS) is 61.6. The molecule has 6 aliphatic rings. The molecule has 0 aromatic rings. The number of ether oxygens (including phenoxy) is 4. The van der Waals surface area contributed by atoms with Crippen molar-refractivity contribution >= 4 is 0 Å². The lowest BCUT2D eigenvalue weighted by atomic mass is 9.45. The number of rotatable bonds is 5. The summed E-state index contributed by atoms with van der Waals surface area (Å²) in [4.78, 5) is 2.42. The summed E-state index contributed by atoms with van der Waals surface area (Å²) in [5.41, 5.74) is -3.22. The summed E-state index contributed by atoms with van der Waals surface area (Å²) >= 11 is 0. The first-order valence-corrected chi connectivity index (χ1v) is 12.2. The molecule has 12 unspecified atom stereocenters. The maximum absolute atomic E-state index is 12.8. The molecule has 6 fully saturated rings. The molecule has 6 rings (SSSR count). The molecule has 1 saturated heterocycles. The monoisotopic (exact) mass is 437 g/mol. The highest BCUT2D eigenvalue weighted by molar-refractivity contribution is 5.40. The lowest BCUT2D eigenvalue weighted by molar-refractivity contribution is -0.309. The Morgan fingerprint density at radius 2 is 1.81 bits per heavy atom. The maximum atomic E-state index is 12.8. The van der Waals surface area contributed by atoms with Crippen molar-refractivity contribution in [2.45, 2.75) is 80.2 Å². The van der Waals surface area contributed by atoms with Gasteiger partial charge in [-0.1, -0.05) is 6.92 Å². The molecule has 1 heterocycles. The number of likely N-dealkylation sites (tertiary alicyclic amines) is 1. The molecular formula is C24H39NO6. The van der Waals surface area contributed by atoms with Gasteiger partial charge in [0.05, 0.1) is 30.0 Å². The van der Waals surface area contributed by atoms with Gasteiger partial charge in [-0.15, -0.1) is 0 Å². The van der Waals surface area contributed by atoms with E-state index >= 15 is 0 Å². The van der Waals surface area contributed by atoms with Crippen LogP contribution in [0.1, 0.15) is 39.0 Å². The highest BCUT2D eigenvalue weighted by Gasteiger charge is 2.90. The zero-order valence-electron chi connectivity index (χ0n) is 19.5. The molecule has 1 spiro atoms. The van der Waals surface area contributed by atoms with Crippen LogP contribution in [0, 0.1) is 29.1 Å². The highest BCUT2D eigenvalue weighted by atomic mass is 16.5. The van der Waals surface area contributed by atoms with Crippen molar-refractivity contribution in [2.75, 3.05) is 41.5 Å². The largest absolute Gasteiger partial charge is 0.386 e. The summed E-state index contributed by atoms with van der Waals surface area (Å²) in [6.45, 7) is 3.78. The lowest BCUT2D eigenvalue weighted by Crippen LogP contribution is -2.80. The number of fused-ring (bicyclic) bond motifs is 2. The van der Waals surface area contributed by atoms with E-state index in [1.54, 1.807) is 21.3 Å². The summed E-state index contributed by atoms with van der Waals surface area (Å²) in [6, 6.07) is -0.137. The Bertz CT molecular complexity index is 766. The Hall–Kier alpha value is -0.280. The second kappa shape index (κ2) is 6.44. The van der Waals surface area contributed by atoms with E-state index in [4.69, 9.17) is 18.9 Å². The first kappa shape index (κ1) is 21.3. The Morgan fingerprint density at radius 3 is 2.42 bits per heavy atom. The number of piperidine rings is 1. The van der Waals surface area contributed by atoms with Gasteiger partial charge in [-0.05, 0) is 38.1 Å². The standard InChI is InChI=1S/C24H39NO6/c1-6-25-12-21(31-5)8-7-9-22-14-10-13-15(28-2)11-23(26,16(14)17(13)29-3)24(27,20(22)25)19(30-4)18(21)22/h13-20,26-27H,6-12H2,1-5H3. The third-order valence-electron chi connectivity index (χ3n) is 11.2. The van der Waals surface area contributed by atoms with Crippen LogP contribution >= 0.6 is 0 Å². The van der Waals surface area contributed by atoms with Crippen LogP contribution in [-0.2, 0) is 18.9 Å². The molecule has 7 heteroatoms. The Balaban J connectivity index is 1.65. The fraction of sp³-hybridized carbons (Fsp3) is 1.00. The number of aliphatic hydroxyl groups is 2. The van der Waals surface area contributed by atoms with Gasteiger partial charge in [-0.2, -0.15) is 0 Å². The predicted molar refractivity (Wildman–Crippen MR) is 113 cm³/mol. The first-order chi connectivity index (χ1) is 14.8. The van der Waals surface area contributed by atoms with Crippen molar-refractivity contribution < 1.29 is 29.2 Å². The van der Waals surface area contributed by atoms with E-state index in [0.717, 1.165) is 38.8 Å². The van der Waals surface area contributed by atoms with Gasteiger partial charge in [0.2, 0.25) is 0 Å². The van der Waals surface area contributed by atoms with Gasteiger partial charge in [-0.25, -0.2) is 0 Å². The average Bonchev–Trinajstić information content (AvgIpc) is 3.18. The van der Waals surface area contributed by atoms with Crippen LogP contribution in [0.5, 0.6) is 0 Å². The average molecular weight is 438 g/mol. The van der Waals surface area contributed by atoms with Crippen molar-refractivity contribution in [1.29, 1.82) is 0 Å². The molecule has 0 amide bonds. The molecule has 0 radical (unpaired) electrons. The van der Waals surface area contributed by atoms with E-state index in [0.29, 0.717) is 6.42 Å². The summed E-state index contributed by atoms with van der Waals surface area (Å²) in [5.74, 6) is 0.464. The smallest absolute Gasteiger partial charge is 0.136 e. The molecule has 7 nitrogen and oxygen atoms in total. The van der Waals surface area contributed by atoms with Gasteiger partial charge < -0.3 is 29.2 Å². The van der Waals surface area contributed by atoms with Crippen LogP contribution in [0.25, 0.3) is 0 Å². The van der Waals surface area contributed by atoms with E-state index < -0.39 is 17.3 Å². The zero-order valence-corrected chi connectivity index (χ0v) is 19.5. The van der Waals surface area contributed by atoms with E-state index in [-0.39, 0.29) is 52.9 Å². The molecule has 5 saturated carbocycles. The molecule has 0 aromatic heterocycles. The van der Waals surface area contributed by atoms with Gasteiger partial charge in [0.15, 0.2) is 0 Å². The Labute approximate surface area is 185 Å². The van der Waals surface area contributed by atoms with Gasteiger partial charge in [0.25, 0.3) is 0 Å². The number of likely N-dealkylation sites (N-methyl/N-ethyl adjacent to an activating group) is 1. The van der Waals surface area contributed by atoms with Gasteiger partial charge in [0, 0.05) is 64.6 Å². The SMILES string of the molecule is CCN1CC2(OC)CCCC34C5CC6C(OC)CC(O)(C5C6OC)C(O)(C(OC)C23)C14. The summed E-state index contributed by atoms with van der Waals surface area (Å²) in [6.07, 6.45) is 3.80. The maximum Gasteiger partial charge on any atom is 0.136 e. The van der Waals surface area contributed by atoms with Gasteiger partial charge in [-0.3, -0.25) is 4.90 Å². The third kappa shape index (κ3) is 1.97. The van der Waals surface area contributed by atoms with E-state index in [2.05, 4.69) is 11.8 Å². The zero-order chi connectivity index (χ0) is 22.0.